The van der Waals surface area contributed by atoms with Gasteiger partial charge in [-0.05, 0) is 56.8 Å². The van der Waals surface area contributed by atoms with E-state index in [0.717, 1.165) is 19.4 Å². The van der Waals surface area contributed by atoms with Crippen molar-refractivity contribution >= 4 is 0 Å². The van der Waals surface area contributed by atoms with Crippen LogP contribution < -0.4 is 10.6 Å². The molecule has 0 aliphatic carbocycles. The third-order valence-corrected chi connectivity index (χ3v) is 3.62. The molecule has 3 N–H and O–H groups in total. The number of phenols is 1. The van der Waals surface area contributed by atoms with Gasteiger partial charge in [0.2, 0.25) is 0 Å². The summed E-state index contributed by atoms with van der Waals surface area (Å²) in [6.07, 6.45) is 4.77. The first-order chi connectivity index (χ1) is 8.74. The molecule has 1 saturated heterocycles. The molecular formula is C15H24N2O. The molecule has 0 spiro atoms. The number of hydrogen-bond donors (Lipinski definition) is 3. The number of hydrogen-bond acceptors (Lipinski definition) is 3. The second-order valence-electron chi connectivity index (χ2n) is 5.32. The third kappa shape index (κ3) is 4.31. The maximum Gasteiger partial charge on any atom is 0.115 e. The van der Waals surface area contributed by atoms with Crippen molar-refractivity contribution in [1.29, 1.82) is 0 Å². The van der Waals surface area contributed by atoms with Crippen molar-refractivity contribution in [2.24, 2.45) is 0 Å². The van der Waals surface area contributed by atoms with Gasteiger partial charge in [-0.2, -0.15) is 0 Å². The lowest BCUT2D eigenvalue weighted by molar-refractivity contribution is 0.351. The second kappa shape index (κ2) is 6.76. The normalized spacial score (nSPS) is 21.7. The fourth-order valence-electron chi connectivity index (χ4n) is 2.53. The maximum absolute atomic E-state index is 9.23. The lowest BCUT2D eigenvalue weighted by Gasteiger charge is -2.27. The monoisotopic (exact) mass is 248 g/mol. The minimum atomic E-state index is 0.346. The molecule has 1 fully saturated rings. The van der Waals surface area contributed by atoms with E-state index in [1.807, 2.05) is 12.1 Å². The van der Waals surface area contributed by atoms with Crippen LogP contribution >= 0.6 is 0 Å². The van der Waals surface area contributed by atoms with Gasteiger partial charge in [-0.15, -0.1) is 0 Å². The quantitative estimate of drug-likeness (QED) is 0.747. The first-order valence-electron chi connectivity index (χ1n) is 6.99. The molecule has 2 rings (SSSR count). The van der Waals surface area contributed by atoms with Gasteiger partial charge in [0, 0.05) is 18.6 Å². The highest BCUT2D eigenvalue weighted by Crippen LogP contribution is 2.12. The molecule has 1 heterocycles. The van der Waals surface area contributed by atoms with Crippen molar-refractivity contribution in [3.8, 4) is 5.75 Å². The number of rotatable bonds is 5. The lowest BCUT2D eigenvalue weighted by atomic mass is 10.0. The summed E-state index contributed by atoms with van der Waals surface area (Å²) in [4.78, 5) is 0. The van der Waals surface area contributed by atoms with Gasteiger partial charge in [0.25, 0.3) is 0 Å². The zero-order chi connectivity index (χ0) is 12.8. The molecule has 1 aromatic rings. The molecule has 18 heavy (non-hydrogen) atoms. The van der Waals surface area contributed by atoms with E-state index in [0.29, 0.717) is 17.8 Å². The van der Waals surface area contributed by atoms with Crippen LogP contribution in [0.5, 0.6) is 5.75 Å². The topological polar surface area (TPSA) is 44.3 Å². The Balaban J connectivity index is 1.70. The standard InChI is InChI=1S/C15H24N2O/c1-12(17-14-3-2-10-16-11-14)4-5-13-6-8-15(18)9-7-13/h6-9,12,14,16-18H,2-5,10-11H2,1H3. The summed E-state index contributed by atoms with van der Waals surface area (Å²) in [5.74, 6) is 0.346. The summed E-state index contributed by atoms with van der Waals surface area (Å²) in [7, 11) is 0. The van der Waals surface area contributed by atoms with Crippen molar-refractivity contribution < 1.29 is 5.11 Å². The van der Waals surface area contributed by atoms with Crippen LogP contribution in [0.4, 0.5) is 0 Å². The smallest absolute Gasteiger partial charge is 0.115 e. The van der Waals surface area contributed by atoms with Gasteiger partial charge in [0.1, 0.15) is 5.75 Å². The molecule has 3 nitrogen and oxygen atoms in total. The number of phenolic OH excluding ortho intramolecular Hbond substituents is 1. The Kier molecular flexibility index (Phi) is 5.02. The van der Waals surface area contributed by atoms with Gasteiger partial charge in [0.05, 0.1) is 0 Å². The van der Waals surface area contributed by atoms with Gasteiger partial charge in [-0.25, -0.2) is 0 Å². The summed E-state index contributed by atoms with van der Waals surface area (Å²) < 4.78 is 0. The van der Waals surface area contributed by atoms with E-state index in [-0.39, 0.29) is 0 Å². The van der Waals surface area contributed by atoms with E-state index in [4.69, 9.17) is 0 Å². The fourth-order valence-corrected chi connectivity index (χ4v) is 2.53. The van der Waals surface area contributed by atoms with E-state index >= 15 is 0 Å². The molecule has 100 valence electrons. The second-order valence-corrected chi connectivity index (χ2v) is 5.32. The van der Waals surface area contributed by atoms with Gasteiger partial charge in [-0.1, -0.05) is 12.1 Å². The molecule has 1 aliphatic heterocycles. The predicted molar refractivity (Wildman–Crippen MR) is 74.9 cm³/mol. The largest absolute Gasteiger partial charge is 0.508 e. The molecule has 0 saturated carbocycles. The van der Waals surface area contributed by atoms with Crippen molar-refractivity contribution in [2.75, 3.05) is 13.1 Å². The Morgan fingerprint density at radius 2 is 2.17 bits per heavy atom. The van der Waals surface area contributed by atoms with E-state index in [9.17, 15) is 5.11 Å². The van der Waals surface area contributed by atoms with Crippen LogP contribution in [0.3, 0.4) is 0 Å². The summed E-state index contributed by atoms with van der Waals surface area (Å²) in [6, 6.07) is 8.71. The highest BCUT2D eigenvalue weighted by atomic mass is 16.3. The highest BCUT2D eigenvalue weighted by molar-refractivity contribution is 5.25. The molecule has 0 bridgehead atoms. The zero-order valence-corrected chi connectivity index (χ0v) is 11.2. The molecule has 1 aromatic carbocycles. The molecule has 2 unspecified atom stereocenters. The summed E-state index contributed by atoms with van der Waals surface area (Å²) >= 11 is 0. The van der Waals surface area contributed by atoms with E-state index in [2.05, 4.69) is 17.6 Å². The Hall–Kier alpha value is -1.06. The summed E-state index contributed by atoms with van der Waals surface area (Å²) in [5.41, 5.74) is 1.29. The fraction of sp³-hybridized carbons (Fsp3) is 0.600. The van der Waals surface area contributed by atoms with Crippen molar-refractivity contribution in [3.05, 3.63) is 29.8 Å². The highest BCUT2D eigenvalue weighted by Gasteiger charge is 2.14. The Morgan fingerprint density at radius 3 is 2.83 bits per heavy atom. The van der Waals surface area contributed by atoms with Crippen LogP contribution in [0.1, 0.15) is 31.7 Å². The van der Waals surface area contributed by atoms with Crippen LogP contribution in [0, 0.1) is 0 Å². The number of aromatic hydroxyl groups is 1. The van der Waals surface area contributed by atoms with Crippen LogP contribution in [0.15, 0.2) is 24.3 Å². The Morgan fingerprint density at radius 1 is 1.39 bits per heavy atom. The van der Waals surface area contributed by atoms with Crippen LogP contribution in [-0.4, -0.2) is 30.3 Å². The van der Waals surface area contributed by atoms with Gasteiger partial charge in [-0.3, -0.25) is 0 Å². The minimum Gasteiger partial charge on any atom is -0.508 e. The van der Waals surface area contributed by atoms with Gasteiger partial charge < -0.3 is 15.7 Å². The van der Waals surface area contributed by atoms with Crippen molar-refractivity contribution in [1.82, 2.24) is 10.6 Å². The molecular weight excluding hydrogens is 224 g/mol. The zero-order valence-electron chi connectivity index (χ0n) is 11.2. The average molecular weight is 248 g/mol. The molecule has 0 aromatic heterocycles. The van der Waals surface area contributed by atoms with E-state index < -0.39 is 0 Å². The maximum atomic E-state index is 9.23. The number of benzene rings is 1. The van der Waals surface area contributed by atoms with Gasteiger partial charge >= 0.3 is 0 Å². The number of piperidine rings is 1. The van der Waals surface area contributed by atoms with Crippen molar-refractivity contribution in [2.45, 2.75) is 44.7 Å². The first kappa shape index (κ1) is 13.4. The van der Waals surface area contributed by atoms with E-state index in [1.165, 1.54) is 24.9 Å². The first-order valence-corrected chi connectivity index (χ1v) is 6.99. The van der Waals surface area contributed by atoms with Crippen LogP contribution in [0.2, 0.25) is 0 Å². The molecule has 0 amide bonds. The summed E-state index contributed by atoms with van der Waals surface area (Å²) in [5, 5.41) is 16.3. The van der Waals surface area contributed by atoms with Crippen LogP contribution in [0.25, 0.3) is 0 Å². The third-order valence-electron chi connectivity index (χ3n) is 3.62. The van der Waals surface area contributed by atoms with Crippen LogP contribution in [-0.2, 0) is 6.42 Å². The average Bonchev–Trinajstić information content (AvgIpc) is 2.39. The van der Waals surface area contributed by atoms with E-state index in [1.54, 1.807) is 12.1 Å². The Labute approximate surface area is 110 Å². The molecule has 0 radical (unpaired) electrons. The van der Waals surface area contributed by atoms with Gasteiger partial charge in [0.15, 0.2) is 0 Å². The Bertz CT molecular complexity index is 344. The SMILES string of the molecule is CC(CCc1ccc(O)cc1)NC1CCCNC1. The molecule has 3 heteroatoms. The molecule has 1 aliphatic rings. The number of nitrogens with one attached hydrogen (secondary N) is 2. The summed E-state index contributed by atoms with van der Waals surface area (Å²) in [6.45, 7) is 4.53. The number of aryl methyl sites for hydroxylation is 1. The minimum absolute atomic E-state index is 0.346. The molecule has 2 atom stereocenters. The lowest BCUT2D eigenvalue weighted by Crippen LogP contribution is -2.46. The predicted octanol–water partition coefficient (Wildman–Crippen LogP) is 2.05. The van der Waals surface area contributed by atoms with Crippen molar-refractivity contribution in [3.63, 3.8) is 0 Å².